The molecule has 6 heteroatoms. The highest BCUT2D eigenvalue weighted by molar-refractivity contribution is 5.98. The molecule has 0 saturated heterocycles. The summed E-state index contributed by atoms with van der Waals surface area (Å²) in [5, 5.41) is 12.0. The zero-order valence-corrected chi connectivity index (χ0v) is 13.0. The van der Waals surface area contributed by atoms with Gasteiger partial charge in [0, 0.05) is 38.9 Å². The van der Waals surface area contributed by atoms with Crippen LogP contribution >= 0.6 is 0 Å². The van der Waals surface area contributed by atoms with E-state index < -0.39 is 0 Å². The van der Waals surface area contributed by atoms with E-state index in [1.807, 2.05) is 24.3 Å². The summed E-state index contributed by atoms with van der Waals surface area (Å²) in [6.07, 6.45) is 0. The van der Waals surface area contributed by atoms with Crippen molar-refractivity contribution < 1.29 is 14.7 Å². The summed E-state index contributed by atoms with van der Waals surface area (Å²) in [5.41, 5.74) is 7.49. The quantitative estimate of drug-likeness (QED) is 0.310. The number of benzene rings is 1. The Bertz CT molecular complexity index is 452. The number of methoxy groups -OCH3 is 2. The minimum Gasteiger partial charge on any atom is -0.409 e. The molecule has 0 radical (unpaired) electrons. The van der Waals surface area contributed by atoms with Crippen molar-refractivity contribution in [3.63, 3.8) is 0 Å². The SMILES string of the molecule is COCCN(Cc1ccccc1C(N)=NO)C(C)COC. The molecule has 0 bridgehead atoms. The second kappa shape index (κ2) is 9.33. The molecular formula is C15H25N3O3. The zero-order valence-electron chi connectivity index (χ0n) is 13.0. The fourth-order valence-corrected chi connectivity index (χ4v) is 2.19. The molecule has 0 amide bonds. The first kappa shape index (κ1) is 17.4. The number of rotatable bonds is 9. The van der Waals surface area contributed by atoms with Crippen LogP contribution in [0.15, 0.2) is 29.4 Å². The Kier molecular flexibility index (Phi) is 7.74. The molecule has 0 saturated carbocycles. The molecule has 118 valence electrons. The Labute approximate surface area is 126 Å². The number of hydrogen-bond acceptors (Lipinski definition) is 5. The molecule has 0 aliphatic rings. The third-order valence-corrected chi connectivity index (χ3v) is 3.39. The first-order chi connectivity index (χ1) is 10.1. The highest BCUT2D eigenvalue weighted by Crippen LogP contribution is 2.14. The molecular weight excluding hydrogens is 270 g/mol. The number of nitrogens with zero attached hydrogens (tertiary/aromatic N) is 2. The van der Waals surface area contributed by atoms with Gasteiger partial charge in [-0.15, -0.1) is 0 Å². The van der Waals surface area contributed by atoms with E-state index in [9.17, 15) is 0 Å². The second-order valence-electron chi connectivity index (χ2n) is 4.91. The Hall–Kier alpha value is -1.63. The fraction of sp³-hybridized carbons (Fsp3) is 0.533. The van der Waals surface area contributed by atoms with Crippen molar-refractivity contribution in [3.05, 3.63) is 35.4 Å². The average molecular weight is 295 g/mol. The van der Waals surface area contributed by atoms with E-state index in [0.717, 1.165) is 17.7 Å². The van der Waals surface area contributed by atoms with Crippen molar-refractivity contribution in [2.75, 3.05) is 34.0 Å². The number of oxime groups is 1. The van der Waals surface area contributed by atoms with Crippen molar-refractivity contribution in [2.24, 2.45) is 10.9 Å². The van der Waals surface area contributed by atoms with Gasteiger partial charge in [-0.2, -0.15) is 0 Å². The Morgan fingerprint density at radius 3 is 2.67 bits per heavy atom. The maximum absolute atomic E-state index is 8.89. The van der Waals surface area contributed by atoms with Gasteiger partial charge in [0.15, 0.2) is 5.84 Å². The fourth-order valence-electron chi connectivity index (χ4n) is 2.19. The molecule has 1 aromatic rings. The van der Waals surface area contributed by atoms with Gasteiger partial charge in [-0.1, -0.05) is 29.4 Å². The van der Waals surface area contributed by atoms with Gasteiger partial charge in [-0.05, 0) is 12.5 Å². The summed E-state index contributed by atoms with van der Waals surface area (Å²) in [6, 6.07) is 7.88. The van der Waals surface area contributed by atoms with Crippen LogP contribution in [0.1, 0.15) is 18.1 Å². The lowest BCUT2D eigenvalue weighted by Gasteiger charge is -2.29. The molecule has 0 aliphatic carbocycles. The van der Waals surface area contributed by atoms with Crippen molar-refractivity contribution in [1.82, 2.24) is 4.90 Å². The summed E-state index contributed by atoms with van der Waals surface area (Å²) < 4.78 is 10.4. The van der Waals surface area contributed by atoms with Crippen molar-refractivity contribution in [1.29, 1.82) is 0 Å². The number of ether oxygens (including phenoxy) is 2. The summed E-state index contributed by atoms with van der Waals surface area (Å²) >= 11 is 0. The summed E-state index contributed by atoms with van der Waals surface area (Å²) in [4.78, 5) is 2.25. The van der Waals surface area contributed by atoms with E-state index in [1.54, 1.807) is 14.2 Å². The number of nitrogens with two attached hydrogens (primary N) is 1. The smallest absolute Gasteiger partial charge is 0.170 e. The highest BCUT2D eigenvalue weighted by Gasteiger charge is 2.16. The largest absolute Gasteiger partial charge is 0.409 e. The van der Waals surface area contributed by atoms with Crippen LogP contribution in [0, 0.1) is 0 Å². The minimum atomic E-state index is 0.122. The first-order valence-corrected chi connectivity index (χ1v) is 6.91. The van der Waals surface area contributed by atoms with Gasteiger partial charge in [0.25, 0.3) is 0 Å². The van der Waals surface area contributed by atoms with Gasteiger partial charge in [0.05, 0.1) is 13.2 Å². The topological polar surface area (TPSA) is 80.3 Å². The Morgan fingerprint density at radius 2 is 2.05 bits per heavy atom. The predicted molar refractivity (Wildman–Crippen MR) is 82.6 cm³/mol. The van der Waals surface area contributed by atoms with Gasteiger partial charge in [-0.25, -0.2) is 0 Å². The van der Waals surface area contributed by atoms with Crippen LogP contribution in [-0.4, -0.2) is 56.0 Å². The molecule has 0 aliphatic heterocycles. The Morgan fingerprint density at radius 1 is 1.33 bits per heavy atom. The van der Waals surface area contributed by atoms with Crippen molar-refractivity contribution in [3.8, 4) is 0 Å². The molecule has 1 aromatic carbocycles. The van der Waals surface area contributed by atoms with Crippen molar-refractivity contribution >= 4 is 5.84 Å². The lowest BCUT2D eigenvalue weighted by Crippen LogP contribution is -2.38. The zero-order chi connectivity index (χ0) is 15.7. The van der Waals surface area contributed by atoms with E-state index in [4.69, 9.17) is 20.4 Å². The van der Waals surface area contributed by atoms with Gasteiger partial charge in [0.1, 0.15) is 0 Å². The maximum atomic E-state index is 8.89. The average Bonchev–Trinajstić information content (AvgIpc) is 2.51. The predicted octanol–water partition coefficient (Wildman–Crippen LogP) is 1.26. The van der Waals surface area contributed by atoms with Crippen LogP contribution in [-0.2, 0) is 16.0 Å². The molecule has 1 rings (SSSR count). The molecule has 0 heterocycles. The summed E-state index contributed by atoms with van der Waals surface area (Å²) in [5.74, 6) is 0.122. The normalized spacial score (nSPS) is 13.6. The lowest BCUT2D eigenvalue weighted by atomic mass is 10.1. The number of amidine groups is 1. The maximum Gasteiger partial charge on any atom is 0.170 e. The van der Waals surface area contributed by atoms with Crippen LogP contribution in [0.3, 0.4) is 0 Å². The highest BCUT2D eigenvalue weighted by atomic mass is 16.5. The van der Waals surface area contributed by atoms with Crippen LogP contribution < -0.4 is 5.73 Å². The van der Waals surface area contributed by atoms with E-state index in [2.05, 4.69) is 17.0 Å². The van der Waals surface area contributed by atoms with Gasteiger partial charge in [-0.3, -0.25) is 4.90 Å². The van der Waals surface area contributed by atoms with Gasteiger partial charge in [0.2, 0.25) is 0 Å². The molecule has 6 nitrogen and oxygen atoms in total. The van der Waals surface area contributed by atoms with Crippen LogP contribution in [0.4, 0.5) is 0 Å². The molecule has 0 aromatic heterocycles. The minimum absolute atomic E-state index is 0.122. The van der Waals surface area contributed by atoms with Gasteiger partial charge >= 0.3 is 0 Å². The van der Waals surface area contributed by atoms with E-state index in [0.29, 0.717) is 19.8 Å². The molecule has 21 heavy (non-hydrogen) atoms. The van der Waals surface area contributed by atoms with Crippen molar-refractivity contribution in [2.45, 2.75) is 19.5 Å². The number of hydrogen-bond donors (Lipinski definition) is 2. The molecule has 3 N–H and O–H groups in total. The monoisotopic (exact) mass is 295 g/mol. The summed E-state index contributed by atoms with van der Waals surface area (Å²) in [7, 11) is 3.37. The molecule has 1 atom stereocenters. The third-order valence-electron chi connectivity index (χ3n) is 3.39. The molecule has 1 unspecified atom stereocenters. The van der Waals surface area contributed by atoms with Crippen LogP contribution in [0.2, 0.25) is 0 Å². The van der Waals surface area contributed by atoms with E-state index in [-0.39, 0.29) is 11.9 Å². The summed E-state index contributed by atoms with van der Waals surface area (Å²) in [6.45, 7) is 4.84. The Balaban J connectivity index is 2.92. The standard InChI is InChI=1S/C15H25N3O3/c1-12(11-21-3)18(8-9-20-2)10-13-6-4-5-7-14(13)15(16)17-19/h4-7,12,19H,8-11H2,1-3H3,(H2,16,17). The van der Waals surface area contributed by atoms with E-state index >= 15 is 0 Å². The van der Waals surface area contributed by atoms with Gasteiger partial charge < -0.3 is 20.4 Å². The van der Waals surface area contributed by atoms with Crippen LogP contribution in [0.25, 0.3) is 0 Å². The van der Waals surface area contributed by atoms with E-state index in [1.165, 1.54) is 0 Å². The molecule has 0 fully saturated rings. The second-order valence-corrected chi connectivity index (χ2v) is 4.91. The first-order valence-electron chi connectivity index (χ1n) is 6.91. The van der Waals surface area contributed by atoms with Crippen LogP contribution in [0.5, 0.6) is 0 Å². The third kappa shape index (κ3) is 5.34. The lowest BCUT2D eigenvalue weighted by molar-refractivity contribution is 0.0705. The molecule has 0 spiro atoms.